The number of nitrogen functional groups attached to an aromatic ring is 1. The van der Waals surface area contributed by atoms with Crippen molar-refractivity contribution < 1.29 is 8.81 Å². The summed E-state index contributed by atoms with van der Waals surface area (Å²) in [6, 6.07) is 5.88. The smallest absolute Gasteiger partial charge is 0.247 e. The summed E-state index contributed by atoms with van der Waals surface area (Å²) in [5.74, 6) is 0.513. The summed E-state index contributed by atoms with van der Waals surface area (Å²) >= 11 is 2.74. The number of hydrogen-bond acceptors (Lipinski definition) is 8. The number of benzene rings is 1. The fourth-order valence-electron chi connectivity index (χ4n) is 1.58. The van der Waals surface area contributed by atoms with Crippen LogP contribution in [0.4, 0.5) is 9.52 Å². The second-order valence-electron chi connectivity index (χ2n) is 4.12. The summed E-state index contributed by atoms with van der Waals surface area (Å²) in [5.41, 5.74) is 6.21. The lowest BCUT2D eigenvalue weighted by molar-refractivity contribution is 0.509. The fraction of sp³-hybridized carbons (Fsp3) is 0.167. The highest BCUT2D eigenvalue weighted by molar-refractivity contribution is 8.01. The molecular weight excluding hydrogens is 313 g/mol. The highest BCUT2D eigenvalue weighted by atomic mass is 32.2. The molecule has 0 radical (unpaired) electrons. The summed E-state index contributed by atoms with van der Waals surface area (Å²) in [6.07, 6.45) is 0. The van der Waals surface area contributed by atoms with Crippen LogP contribution in [0, 0.1) is 5.82 Å². The van der Waals surface area contributed by atoms with Gasteiger partial charge in [-0.15, -0.1) is 20.4 Å². The SMILES string of the molecule is C[C@H](Sc1nnc(N)s1)c1nnc(-c2ccc(F)cc2)o1. The van der Waals surface area contributed by atoms with E-state index in [0.717, 1.165) is 4.34 Å². The van der Waals surface area contributed by atoms with Crippen molar-refractivity contribution in [2.75, 3.05) is 5.73 Å². The van der Waals surface area contributed by atoms with Crippen molar-refractivity contribution >= 4 is 28.2 Å². The molecule has 0 spiro atoms. The predicted octanol–water partition coefficient (Wildman–Crippen LogP) is 3.16. The van der Waals surface area contributed by atoms with Gasteiger partial charge in [-0.05, 0) is 31.2 Å². The molecule has 0 bridgehead atoms. The molecule has 108 valence electrons. The third kappa shape index (κ3) is 3.19. The Balaban J connectivity index is 1.76. The largest absolute Gasteiger partial charge is 0.419 e. The van der Waals surface area contributed by atoms with Crippen LogP contribution in [0.2, 0.25) is 0 Å². The molecule has 6 nitrogen and oxygen atoms in total. The number of hydrogen-bond donors (Lipinski definition) is 1. The first-order valence-electron chi connectivity index (χ1n) is 5.97. The lowest BCUT2D eigenvalue weighted by atomic mass is 10.2. The Morgan fingerprint density at radius 1 is 1.19 bits per heavy atom. The van der Waals surface area contributed by atoms with Gasteiger partial charge in [0.2, 0.25) is 16.9 Å². The molecule has 0 saturated heterocycles. The maximum atomic E-state index is 12.9. The molecule has 21 heavy (non-hydrogen) atoms. The van der Waals surface area contributed by atoms with Gasteiger partial charge in [-0.1, -0.05) is 23.1 Å². The molecule has 0 unspecified atom stereocenters. The zero-order chi connectivity index (χ0) is 14.8. The number of nitrogens with zero attached hydrogens (tertiary/aromatic N) is 4. The fourth-order valence-corrected chi connectivity index (χ4v) is 3.39. The Bertz CT molecular complexity index is 742. The topological polar surface area (TPSA) is 90.7 Å². The molecule has 0 fully saturated rings. The van der Waals surface area contributed by atoms with E-state index >= 15 is 0 Å². The van der Waals surface area contributed by atoms with E-state index in [1.54, 1.807) is 12.1 Å². The van der Waals surface area contributed by atoms with Gasteiger partial charge < -0.3 is 10.2 Å². The van der Waals surface area contributed by atoms with Gasteiger partial charge in [-0.25, -0.2) is 4.39 Å². The molecule has 0 saturated carbocycles. The van der Waals surface area contributed by atoms with Crippen molar-refractivity contribution in [3.8, 4) is 11.5 Å². The molecule has 0 aliphatic heterocycles. The minimum absolute atomic E-state index is 0.0842. The molecule has 9 heteroatoms. The van der Waals surface area contributed by atoms with Crippen LogP contribution in [0.3, 0.4) is 0 Å². The quantitative estimate of drug-likeness (QED) is 0.737. The third-order valence-corrected chi connectivity index (χ3v) is 4.50. The van der Waals surface area contributed by atoms with Crippen LogP contribution in [0.1, 0.15) is 18.1 Å². The average Bonchev–Trinajstić information content (AvgIpc) is 3.09. The van der Waals surface area contributed by atoms with E-state index < -0.39 is 0 Å². The van der Waals surface area contributed by atoms with Crippen LogP contribution in [-0.2, 0) is 0 Å². The Kier molecular flexibility index (Phi) is 3.84. The predicted molar refractivity (Wildman–Crippen MR) is 78.3 cm³/mol. The first-order valence-corrected chi connectivity index (χ1v) is 7.66. The lowest BCUT2D eigenvalue weighted by Gasteiger charge is -2.02. The summed E-state index contributed by atoms with van der Waals surface area (Å²) in [4.78, 5) is 0. The van der Waals surface area contributed by atoms with Gasteiger partial charge in [0.1, 0.15) is 5.82 Å². The second-order valence-corrected chi connectivity index (χ2v) is 6.72. The zero-order valence-electron chi connectivity index (χ0n) is 10.9. The molecule has 2 N–H and O–H groups in total. The van der Waals surface area contributed by atoms with E-state index in [0.29, 0.717) is 22.5 Å². The Morgan fingerprint density at radius 3 is 2.62 bits per heavy atom. The van der Waals surface area contributed by atoms with Crippen LogP contribution in [-0.4, -0.2) is 20.4 Å². The summed E-state index contributed by atoms with van der Waals surface area (Å²) < 4.78 is 19.2. The Morgan fingerprint density at radius 2 is 1.95 bits per heavy atom. The van der Waals surface area contributed by atoms with Crippen LogP contribution >= 0.6 is 23.1 Å². The van der Waals surface area contributed by atoms with E-state index in [4.69, 9.17) is 10.2 Å². The number of anilines is 1. The number of halogens is 1. The summed E-state index contributed by atoms with van der Waals surface area (Å²) in [5, 5.41) is 16.0. The van der Waals surface area contributed by atoms with Gasteiger partial charge in [0, 0.05) is 5.56 Å². The van der Waals surface area contributed by atoms with Crippen LogP contribution in [0.15, 0.2) is 33.0 Å². The van der Waals surface area contributed by atoms with E-state index in [1.807, 2.05) is 6.92 Å². The minimum Gasteiger partial charge on any atom is -0.419 e. The number of rotatable bonds is 4. The van der Waals surface area contributed by atoms with Crippen LogP contribution < -0.4 is 5.73 Å². The maximum Gasteiger partial charge on any atom is 0.247 e. The molecular formula is C12H10FN5OS2. The molecule has 1 aromatic carbocycles. The van der Waals surface area contributed by atoms with Crippen LogP contribution in [0.5, 0.6) is 0 Å². The van der Waals surface area contributed by atoms with E-state index in [1.165, 1.54) is 35.2 Å². The minimum atomic E-state index is -0.309. The molecule has 0 aliphatic carbocycles. The second kappa shape index (κ2) is 5.78. The monoisotopic (exact) mass is 323 g/mol. The zero-order valence-corrected chi connectivity index (χ0v) is 12.5. The number of thioether (sulfide) groups is 1. The summed E-state index contributed by atoms with van der Waals surface area (Å²) in [7, 11) is 0. The van der Waals surface area contributed by atoms with Crippen molar-refractivity contribution in [1.29, 1.82) is 0 Å². The number of nitrogens with two attached hydrogens (primary N) is 1. The molecule has 3 aromatic rings. The van der Waals surface area contributed by atoms with Gasteiger partial charge in [0.15, 0.2) is 4.34 Å². The maximum absolute atomic E-state index is 12.9. The van der Waals surface area contributed by atoms with Crippen LogP contribution in [0.25, 0.3) is 11.5 Å². The normalized spacial score (nSPS) is 12.5. The van der Waals surface area contributed by atoms with Crippen molar-refractivity contribution in [2.45, 2.75) is 16.5 Å². The highest BCUT2D eigenvalue weighted by Crippen LogP contribution is 2.36. The molecule has 0 amide bonds. The van der Waals surface area contributed by atoms with Crippen molar-refractivity contribution in [2.24, 2.45) is 0 Å². The highest BCUT2D eigenvalue weighted by Gasteiger charge is 2.18. The summed E-state index contributed by atoms with van der Waals surface area (Å²) in [6.45, 7) is 1.92. The Labute approximate surface area is 127 Å². The van der Waals surface area contributed by atoms with Gasteiger partial charge in [0.05, 0.1) is 5.25 Å². The molecule has 2 heterocycles. The molecule has 0 aliphatic rings. The standard InChI is InChI=1S/C12H10FN5OS2/c1-6(20-12-18-17-11(14)21-12)9-15-16-10(19-9)7-2-4-8(13)5-3-7/h2-6H,1H3,(H2,14,17)/t6-/m0/s1. The molecule has 3 rings (SSSR count). The van der Waals surface area contributed by atoms with E-state index in [2.05, 4.69) is 20.4 Å². The first kappa shape index (κ1) is 14.0. The third-order valence-electron chi connectivity index (χ3n) is 2.58. The van der Waals surface area contributed by atoms with Gasteiger partial charge in [0.25, 0.3) is 0 Å². The van der Waals surface area contributed by atoms with Gasteiger partial charge in [-0.3, -0.25) is 0 Å². The van der Waals surface area contributed by atoms with E-state index in [9.17, 15) is 4.39 Å². The number of aromatic nitrogens is 4. The molecule has 2 aromatic heterocycles. The van der Waals surface area contributed by atoms with Gasteiger partial charge in [-0.2, -0.15) is 0 Å². The first-order chi connectivity index (χ1) is 10.1. The lowest BCUT2D eigenvalue weighted by Crippen LogP contribution is -1.88. The molecule has 1 atom stereocenters. The van der Waals surface area contributed by atoms with Crippen molar-refractivity contribution in [1.82, 2.24) is 20.4 Å². The average molecular weight is 323 g/mol. The Hall–Kier alpha value is -2.00. The van der Waals surface area contributed by atoms with Gasteiger partial charge >= 0.3 is 0 Å². The van der Waals surface area contributed by atoms with Crippen molar-refractivity contribution in [3.63, 3.8) is 0 Å². The van der Waals surface area contributed by atoms with E-state index in [-0.39, 0.29) is 11.1 Å². The van der Waals surface area contributed by atoms with Crippen molar-refractivity contribution in [3.05, 3.63) is 36.0 Å².